The van der Waals surface area contributed by atoms with Gasteiger partial charge in [0.05, 0.1) is 76.0 Å². The maximum Gasteiger partial charge on any atom is 2.00 e. The average Bonchev–Trinajstić information content (AvgIpc) is 1.59. The van der Waals surface area contributed by atoms with Crippen LogP contribution < -0.4 is 50.6 Å². The van der Waals surface area contributed by atoms with Crippen LogP contribution >= 0.6 is 0 Å². The quantitative estimate of drug-likeness (QED) is 0.0200. The molecule has 2 aliphatic rings. The number of aromatic nitrogens is 8. The van der Waals surface area contributed by atoms with Crippen molar-refractivity contribution in [2.45, 2.75) is 0 Å². The molecule has 8 N–H and O–H groups in total. The molecule has 0 saturated heterocycles. The number of ether oxygens (including phenoxy) is 4. The molecule has 3 aromatic heterocycles. The van der Waals surface area contributed by atoms with E-state index in [9.17, 15) is 39.6 Å². The molecule has 15 aromatic rings. The third kappa shape index (κ3) is 15.6. The van der Waals surface area contributed by atoms with Gasteiger partial charge in [-0.1, -0.05) is 133 Å². The zero-order chi connectivity index (χ0) is 79.2. The molecule has 562 valence electrons. The summed E-state index contributed by atoms with van der Waals surface area (Å²) in [4.78, 5) is 95.0. The number of hydrazone groups is 4. The zero-order valence-corrected chi connectivity index (χ0v) is 63.8. The van der Waals surface area contributed by atoms with Crippen LogP contribution in [0.2, 0.25) is 0 Å². The van der Waals surface area contributed by atoms with E-state index in [1.54, 1.807) is 206 Å². The monoisotopic (exact) mass is 1590 g/mol. The number of para-hydroxylation sites is 8. The molecule has 0 saturated carbocycles. The number of fused-ring (bicyclic) bond motifs is 20. The Kier molecular flexibility index (Phi) is 21.0. The predicted molar refractivity (Wildman–Crippen MR) is 433 cm³/mol. The van der Waals surface area contributed by atoms with Crippen molar-refractivity contribution in [1.82, 2.24) is 61.6 Å². The first-order chi connectivity index (χ1) is 56.8. The summed E-state index contributed by atoms with van der Waals surface area (Å²) in [6, 6.07) is 73.4. The minimum Gasteiger partial charge on any atom is -0.507 e. The standard InChI is InChI=1S/C88H58N16O12.Zn/c105-63-31-9-5-24-55(63)85(109)101-89-45-49-20-1-13-35-67(49)113-53-42-43-54-62(44-53)81-93-77(54)95-82-74-59(28-17-39-71(74)114-68-36-14-2-21-50(68)46-90-102-86(110)56-25-6-10-32-64(56)106)78(96-82)94-79-60-29-18-40-72(115-69-37-15-3-22-51(69)47-91-103-87(111)57-26-7-11-33-65(57)107)75(60)83(97-79)98-80-61-30-19-41-73(76(61)84(99-80)100-81)116-70-38-16-4-23-52(70)48-92-104-88(112)58-27-8-12-34-66(58)108;/h1-48H,(H10,93,94,95,96,97,98,99,100,101,102,103,104,105,106,107,108,109,110,111,112);/q;+2/p-2/b89-45+,90-46+,91-47+,92-48-;. The molecule has 0 aliphatic carbocycles. The Morgan fingerprint density at radius 2 is 0.615 bits per heavy atom. The summed E-state index contributed by atoms with van der Waals surface area (Å²) in [5.74, 6) is -0.794. The van der Waals surface area contributed by atoms with Gasteiger partial charge in [-0.2, -0.15) is 20.4 Å². The van der Waals surface area contributed by atoms with Crippen LogP contribution in [0.4, 0.5) is 0 Å². The van der Waals surface area contributed by atoms with Crippen LogP contribution in [0, 0.1) is 0 Å². The number of nitrogens with zero attached hydrogens (tertiary/aromatic N) is 12. The number of hydrogen-bond acceptors (Lipinski definition) is 22. The van der Waals surface area contributed by atoms with Gasteiger partial charge in [-0.25, -0.2) is 31.7 Å². The summed E-state index contributed by atoms with van der Waals surface area (Å²) < 4.78 is 27.4. The molecule has 0 fully saturated rings. The number of carbonyl (C=O) groups excluding carboxylic acids is 4. The van der Waals surface area contributed by atoms with Crippen molar-refractivity contribution in [3.63, 3.8) is 0 Å². The molecular formula is C88H56N16O12Zn. The summed E-state index contributed by atoms with van der Waals surface area (Å²) in [5.41, 5.74) is 13.9. The number of aromatic hydroxyl groups is 4. The normalized spacial score (nSPS) is 11.5. The fourth-order valence-corrected chi connectivity index (χ4v) is 12.8. The number of phenols is 4. The van der Waals surface area contributed by atoms with Crippen LogP contribution in [0.1, 0.15) is 63.7 Å². The molecule has 28 nitrogen and oxygen atoms in total. The molecule has 5 heterocycles. The van der Waals surface area contributed by atoms with Gasteiger partial charge in [0.2, 0.25) is 0 Å². The number of phenolic OH excluding ortho intramolecular Hbond substituents is 4. The van der Waals surface area contributed by atoms with Gasteiger partial charge in [0, 0.05) is 72.3 Å². The van der Waals surface area contributed by atoms with Crippen molar-refractivity contribution in [1.29, 1.82) is 0 Å². The molecule has 2 aliphatic heterocycles. The number of benzene rings is 12. The second-order valence-electron chi connectivity index (χ2n) is 25.7. The van der Waals surface area contributed by atoms with Crippen molar-refractivity contribution >= 4 is 92.6 Å². The fraction of sp³-hybridized carbons (Fsp3) is 0. The van der Waals surface area contributed by atoms with E-state index in [-0.39, 0.29) is 134 Å². The van der Waals surface area contributed by atoms with E-state index in [0.717, 1.165) is 0 Å². The molecule has 117 heavy (non-hydrogen) atoms. The number of nitrogens with one attached hydrogen (secondary N) is 4. The van der Waals surface area contributed by atoms with Gasteiger partial charge in [-0.15, -0.1) is 0 Å². The summed E-state index contributed by atoms with van der Waals surface area (Å²) in [6.07, 6.45) is 5.62. The van der Waals surface area contributed by atoms with Gasteiger partial charge >= 0.3 is 19.5 Å². The summed E-state index contributed by atoms with van der Waals surface area (Å²) in [6.45, 7) is 0. The van der Waals surface area contributed by atoms with Crippen LogP contribution in [0.15, 0.2) is 287 Å². The van der Waals surface area contributed by atoms with Gasteiger partial charge in [0.1, 0.15) is 69.0 Å². The summed E-state index contributed by atoms with van der Waals surface area (Å²) in [5, 5.41) is 60.2. The van der Waals surface area contributed by atoms with Crippen molar-refractivity contribution < 1.29 is 78.0 Å². The SMILES string of the molecule is O=C(N/N=C\c1ccccc1Oc1cccc2c3nc4nc(nc5[n-]c(nc6nc(nc([n-]3)c12)-c1cc(Oc2ccccc2/C=N/NC(=O)c2ccccc2O)ccc1-6)c1c(Oc2ccccc2/C=N/NC(=O)c2ccccc2O)cccc51)-c1cccc(Oc2ccccc2/C=N/NC(=O)c2ccccc2O)c1-4)c1ccccc1O.[Zn+2]. The molecule has 0 unspecified atom stereocenters. The molecular weight excluding hydrogens is 1540 g/mol. The molecule has 0 spiro atoms. The van der Waals surface area contributed by atoms with Crippen LogP contribution in [-0.2, 0) is 19.5 Å². The Bertz CT molecular complexity index is 6830. The van der Waals surface area contributed by atoms with E-state index < -0.39 is 23.6 Å². The van der Waals surface area contributed by atoms with Crippen LogP contribution in [-0.4, -0.2) is 98.8 Å². The van der Waals surface area contributed by atoms with Crippen LogP contribution in [0.5, 0.6) is 69.0 Å². The van der Waals surface area contributed by atoms with E-state index in [4.69, 9.17) is 58.8 Å². The predicted octanol–water partition coefficient (Wildman–Crippen LogP) is 15.2. The third-order valence-electron chi connectivity index (χ3n) is 18.3. The molecule has 0 atom stereocenters. The second-order valence-corrected chi connectivity index (χ2v) is 25.7. The van der Waals surface area contributed by atoms with Crippen LogP contribution in [0.25, 0.3) is 89.7 Å². The molecule has 8 bridgehead atoms. The van der Waals surface area contributed by atoms with E-state index in [2.05, 4.69) is 42.1 Å². The Labute approximate surface area is 674 Å². The molecule has 29 heteroatoms. The molecule has 12 aromatic carbocycles. The summed E-state index contributed by atoms with van der Waals surface area (Å²) in [7, 11) is 0. The van der Waals surface area contributed by atoms with Crippen molar-refractivity contribution in [2.24, 2.45) is 20.4 Å². The van der Waals surface area contributed by atoms with Gasteiger partial charge in [-0.3, -0.25) is 19.2 Å². The van der Waals surface area contributed by atoms with Crippen molar-refractivity contribution in [3.05, 3.63) is 311 Å². The van der Waals surface area contributed by atoms with Gasteiger partial charge < -0.3 is 69.3 Å². The number of rotatable bonds is 20. The maximum atomic E-state index is 13.2. The molecule has 0 radical (unpaired) electrons. The van der Waals surface area contributed by atoms with Crippen LogP contribution in [0.3, 0.4) is 0 Å². The largest absolute Gasteiger partial charge is 2.00 e. The van der Waals surface area contributed by atoms with Gasteiger partial charge in [0.25, 0.3) is 23.6 Å². The van der Waals surface area contributed by atoms with Gasteiger partial charge in [0.15, 0.2) is 0 Å². The minimum atomic E-state index is -0.655. The third-order valence-corrected chi connectivity index (χ3v) is 18.3. The average molecular weight is 1590 g/mol. The number of amides is 4. The van der Waals surface area contributed by atoms with E-state index in [1.165, 1.54) is 73.4 Å². The Hall–Kier alpha value is -16.4. The summed E-state index contributed by atoms with van der Waals surface area (Å²) >= 11 is 0. The first kappa shape index (κ1) is 74.7. The van der Waals surface area contributed by atoms with Gasteiger partial charge in [-0.05, 0) is 144 Å². The Morgan fingerprint density at radius 3 is 1.03 bits per heavy atom. The zero-order valence-electron chi connectivity index (χ0n) is 60.8. The van der Waals surface area contributed by atoms with E-state index in [1.807, 2.05) is 12.1 Å². The molecule has 17 rings (SSSR count). The van der Waals surface area contributed by atoms with E-state index >= 15 is 0 Å². The maximum absolute atomic E-state index is 13.2. The minimum absolute atomic E-state index is 0. The van der Waals surface area contributed by atoms with Crippen molar-refractivity contribution in [2.75, 3.05) is 0 Å². The Balaban J connectivity index is 0.0000102. The number of hydrogen-bond donors (Lipinski definition) is 8. The Morgan fingerprint density at radius 1 is 0.299 bits per heavy atom. The van der Waals surface area contributed by atoms with Crippen molar-refractivity contribution in [3.8, 4) is 115 Å². The smallest absolute Gasteiger partial charge is 0.507 e. The number of carbonyl (C=O) groups is 4. The fourth-order valence-electron chi connectivity index (χ4n) is 12.8. The molecule has 4 amide bonds. The second kappa shape index (κ2) is 32.9. The van der Waals surface area contributed by atoms with E-state index in [0.29, 0.717) is 89.1 Å². The first-order valence-electron chi connectivity index (χ1n) is 35.6. The topological polar surface area (TPSA) is 389 Å². The first-order valence-corrected chi connectivity index (χ1v) is 35.6.